The first-order valence-electron chi connectivity index (χ1n) is 27.8. The number of esters is 2. The lowest BCUT2D eigenvalue weighted by atomic mass is 9.98. The second-order valence-corrected chi connectivity index (χ2v) is 19.0. The SMILES string of the molecule is CC/C=C\C/C=C\C/C=C\C/C=C\C/C=C\CCCCCC(=O)OC(COC(=O)CCCCCCCC/C=C\C/C=C\C/C=C\CCCCC)COC1OC(COC2OC(CO)C(O)C(O)C2O)C(O)C(O)C1O. The van der Waals surface area contributed by atoms with Gasteiger partial charge in [-0.05, 0) is 96.3 Å². The molecule has 2 rings (SSSR count). The largest absolute Gasteiger partial charge is 0.462 e. The summed E-state index contributed by atoms with van der Waals surface area (Å²) in [5.74, 6) is -0.985. The predicted molar refractivity (Wildman–Crippen MR) is 288 cm³/mol. The molecule has 2 heterocycles. The number of hydrogen-bond donors (Lipinski definition) is 7. The van der Waals surface area contributed by atoms with Crippen LogP contribution in [0.25, 0.3) is 0 Å². The number of hydrogen-bond acceptors (Lipinski definition) is 15. The van der Waals surface area contributed by atoms with Gasteiger partial charge in [-0.2, -0.15) is 0 Å². The zero-order valence-corrected chi connectivity index (χ0v) is 44.8. The zero-order valence-electron chi connectivity index (χ0n) is 44.8. The number of aliphatic hydroxyl groups is 7. The number of aliphatic hydroxyl groups excluding tert-OH is 7. The van der Waals surface area contributed by atoms with Crippen LogP contribution < -0.4 is 0 Å². The summed E-state index contributed by atoms with van der Waals surface area (Å²) in [7, 11) is 0. The maximum Gasteiger partial charge on any atom is 0.306 e. The fourth-order valence-electron chi connectivity index (χ4n) is 8.01. The molecule has 2 fully saturated rings. The minimum atomic E-state index is -1.78. The summed E-state index contributed by atoms with van der Waals surface area (Å²) in [6.45, 7) is 2.39. The first kappa shape index (κ1) is 66.5. The highest BCUT2D eigenvalue weighted by Gasteiger charge is 2.47. The van der Waals surface area contributed by atoms with E-state index in [0.29, 0.717) is 12.8 Å². The molecule has 422 valence electrons. The molecule has 15 heteroatoms. The maximum absolute atomic E-state index is 13.0. The van der Waals surface area contributed by atoms with Gasteiger partial charge in [0.2, 0.25) is 0 Å². The Bertz CT molecular complexity index is 1650. The topological polar surface area (TPSA) is 231 Å². The normalized spacial score (nSPS) is 25.4. The van der Waals surface area contributed by atoms with Crippen LogP contribution in [0.4, 0.5) is 0 Å². The molecule has 11 atom stereocenters. The van der Waals surface area contributed by atoms with E-state index in [2.05, 4.69) is 111 Å². The van der Waals surface area contributed by atoms with Crippen molar-refractivity contribution >= 4 is 11.9 Å². The lowest BCUT2D eigenvalue weighted by molar-refractivity contribution is -0.332. The first-order valence-corrected chi connectivity index (χ1v) is 27.8. The molecule has 2 aliphatic heterocycles. The summed E-state index contributed by atoms with van der Waals surface area (Å²) in [6, 6.07) is 0. The van der Waals surface area contributed by atoms with E-state index >= 15 is 0 Å². The molecule has 7 N–H and O–H groups in total. The van der Waals surface area contributed by atoms with Gasteiger partial charge in [-0.1, -0.05) is 156 Å². The first-order chi connectivity index (χ1) is 36.0. The molecule has 15 nitrogen and oxygen atoms in total. The Kier molecular flexibility index (Phi) is 40.0. The summed E-state index contributed by atoms with van der Waals surface area (Å²) in [5, 5.41) is 72.2. The third-order valence-electron chi connectivity index (χ3n) is 12.5. The molecule has 74 heavy (non-hydrogen) atoms. The lowest BCUT2D eigenvalue weighted by Crippen LogP contribution is -2.61. The second kappa shape index (κ2) is 44.5. The highest BCUT2D eigenvalue weighted by Crippen LogP contribution is 2.26. The molecule has 0 amide bonds. The van der Waals surface area contributed by atoms with Crippen molar-refractivity contribution in [1.29, 1.82) is 0 Å². The van der Waals surface area contributed by atoms with E-state index < -0.39 is 99.3 Å². The molecule has 2 aliphatic rings. The van der Waals surface area contributed by atoms with Crippen LogP contribution in [-0.2, 0) is 38.0 Å². The van der Waals surface area contributed by atoms with Gasteiger partial charge >= 0.3 is 11.9 Å². The van der Waals surface area contributed by atoms with E-state index in [4.69, 9.17) is 28.4 Å². The molecular formula is C59H96O15. The van der Waals surface area contributed by atoms with Crippen molar-refractivity contribution in [3.8, 4) is 0 Å². The van der Waals surface area contributed by atoms with Gasteiger partial charge in [0.25, 0.3) is 0 Å². The van der Waals surface area contributed by atoms with Crippen molar-refractivity contribution in [2.45, 2.75) is 235 Å². The number of allylic oxidation sites excluding steroid dienone is 16. The van der Waals surface area contributed by atoms with Gasteiger partial charge in [-0.25, -0.2) is 0 Å². The number of rotatable bonds is 42. The summed E-state index contributed by atoms with van der Waals surface area (Å²) in [4.78, 5) is 25.9. The van der Waals surface area contributed by atoms with Gasteiger partial charge < -0.3 is 64.2 Å². The molecule has 0 spiro atoms. The van der Waals surface area contributed by atoms with Crippen LogP contribution in [0.1, 0.15) is 168 Å². The van der Waals surface area contributed by atoms with E-state index in [0.717, 1.165) is 103 Å². The summed E-state index contributed by atoms with van der Waals surface area (Å²) in [5.41, 5.74) is 0. The Hall–Kier alpha value is -3.58. The lowest BCUT2D eigenvalue weighted by Gasteiger charge is -2.42. The van der Waals surface area contributed by atoms with Crippen molar-refractivity contribution in [2.24, 2.45) is 0 Å². The molecule has 11 unspecified atom stereocenters. The Morgan fingerprint density at radius 3 is 1.35 bits per heavy atom. The Labute approximate surface area is 443 Å². The number of carbonyl (C=O) groups excluding carboxylic acids is 2. The molecule has 0 saturated carbocycles. The van der Waals surface area contributed by atoms with Crippen LogP contribution in [0.5, 0.6) is 0 Å². The summed E-state index contributed by atoms with van der Waals surface area (Å²) in [6.07, 6.45) is 39.9. The molecule has 2 saturated heterocycles. The van der Waals surface area contributed by atoms with E-state index in [1.54, 1.807) is 0 Å². The number of ether oxygens (including phenoxy) is 6. The second-order valence-electron chi connectivity index (χ2n) is 19.0. The third kappa shape index (κ3) is 31.5. The van der Waals surface area contributed by atoms with Crippen molar-refractivity contribution in [1.82, 2.24) is 0 Å². The molecule has 0 aromatic heterocycles. The van der Waals surface area contributed by atoms with Gasteiger partial charge in [0, 0.05) is 12.8 Å². The van der Waals surface area contributed by atoms with Gasteiger partial charge in [0.1, 0.15) is 55.4 Å². The minimum absolute atomic E-state index is 0.117. The van der Waals surface area contributed by atoms with Crippen LogP contribution in [0.3, 0.4) is 0 Å². The van der Waals surface area contributed by atoms with Crippen LogP contribution in [0, 0.1) is 0 Å². The summed E-state index contributed by atoms with van der Waals surface area (Å²) >= 11 is 0. The standard InChI is InChI=1S/C59H96O15/c1-3-5-7-9-11-13-15-17-19-21-23-25-27-29-31-33-35-37-39-41-50(61)69-44-47(72-51(62)42-40-38-36-34-32-30-28-26-24-22-20-18-16-14-12-10-8-6-4-2)45-70-58-57(68)55(66)53(64)49(74-58)46-71-59-56(67)54(65)52(63)48(43-60)73-59/h6,8,11-14,17-20,23-26,30,32,47-49,52-60,63-68H,3-5,7,9-10,15-16,21-22,27-29,31,33-46H2,1-2H3/b8-6-,13-11-,14-12-,19-17-,20-18-,25-23-,26-24-,32-30-. The highest BCUT2D eigenvalue weighted by molar-refractivity contribution is 5.70. The maximum atomic E-state index is 13.0. The smallest absolute Gasteiger partial charge is 0.306 e. The van der Waals surface area contributed by atoms with Crippen molar-refractivity contribution in [3.63, 3.8) is 0 Å². The average molecular weight is 1050 g/mol. The van der Waals surface area contributed by atoms with Crippen molar-refractivity contribution in [3.05, 3.63) is 97.2 Å². The van der Waals surface area contributed by atoms with Gasteiger partial charge in [-0.3, -0.25) is 9.59 Å². The quantitative estimate of drug-likeness (QED) is 0.0172. The zero-order chi connectivity index (χ0) is 53.9. The Morgan fingerprint density at radius 1 is 0.446 bits per heavy atom. The molecular weight excluding hydrogens is 949 g/mol. The fraction of sp³-hybridized carbons (Fsp3) is 0.695. The van der Waals surface area contributed by atoms with Gasteiger partial charge in [0.15, 0.2) is 18.7 Å². The molecule has 0 aromatic rings. The van der Waals surface area contributed by atoms with E-state index in [1.807, 2.05) is 0 Å². The van der Waals surface area contributed by atoms with Crippen LogP contribution in [0.2, 0.25) is 0 Å². The monoisotopic (exact) mass is 1040 g/mol. The van der Waals surface area contributed by atoms with E-state index in [1.165, 1.54) is 25.7 Å². The van der Waals surface area contributed by atoms with Gasteiger partial charge in [0.05, 0.1) is 19.8 Å². The van der Waals surface area contributed by atoms with Gasteiger partial charge in [-0.15, -0.1) is 0 Å². The Morgan fingerprint density at radius 2 is 0.851 bits per heavy atom. The highest BCUT2D eigenvalue weighted by atomic mass is 16.7. The fourth-order valence-corrected chi connectivity index (χ4v) is 8.01. The van der Waals surface area contributed by atoms with Crippen molar-refractivity contribution in [2.75, 3.05) is 26.4 Å². The number of carbonyl (C=O) groups is 2. The summed E-state index contributed by atoms with van der Waals surface area (Å²) < 4.78 is 33.6. The third-order valence-corrected chi connectivity index (χ3v) is 12.5. The Balaban J connectivity index is 1.81. The van der Waals surface area contributed by atoms with Crippen LogP contribution in [0.15, 0.2) is 97.2 Å². The predicted octanol–water partition coefficient (Wildman–Crippen LogP) is 8.93. The average Bonchev–Trinajstić information content (AvgIpc) is 3.39. The minimum Gasteiger partial charge on any atom is -0.462 e. The van der Waals surface area contributed by atoms with Crippen LogP contribution in [-0.4, -0.2) is 142 Å². The molecule has 0 radical (unpaired) electrons. The molecule has 0 bridgehead atoms. The number of unbranched alkanes of at least 4 members (excludes halogenated alkanes) is 12. The van der Waals surface area contributed by atoms with Crippen LogP contribution >= 0.6 is 0 Å². The van der Waals surface area contributed by atoms with Crippen molar-refractivity contribution < 1.29 is 73.8 Å². The van der Waals surface area contributed by atoms with E-state index in [9.17, 15) is 45.3 Å². The van der Waals surface area contributed by atoms with E-state index in [-0.39, 0.29) is 19.4 Å². The molecule has 0 aliphatic carbocycles. The molecule has 0 aromatic carbocycles.